The van der Waals surface area contributed by atoms with Gasteiger partial charge in [-0.15, -0.1) is 0 Å². The number of hydrogen-bond donors (Lipinski definition) is 1. The maximum Gasteiger partial charge on any atom is 0.410 e. The fourth-order valence-electron chi connectivity index (χ4n) is 6.57. The summed E-state index contributed by atoms with van der Waals surface area (Å²) in [6.45, 7) is 12.0. The zero-order valence-electron chi connectivity index (χ0n) is 26.6. The van der Waals surface area contributed by atoms with Crippen molar-refractivity contribution in [2.45, 2.75) is 84.5 Å². The van der Waals surface area contributed by atoms with E-state index < -0.39 is 11.6 Å². The molecule has 1 aliphatic heterocycles. The highest BCUT2D eigenvalue weighted by atomic mass is 16.6. The smallest absolute Gasteiger partial charge is 0.410 e. The molecule has 0 saturated carbocycles. The number of carbonyl (C=O) groups excluding carboxylic acids is 1. The van der Waals surface area contributed by atoms with Gasteiger partial charge in [-0.05, 0) is 99.9 Å². The highest BCUT2D eigenvalue weighted by Gasteiger charge is 2.32. The first-order valence-corrected chi connectivity index (χ1v) is 15.5. The standard InChI is InChI=1S/C38H43NO5/c1-24-20-21-29(25(2)35(24)36(40)41)33-23-28(43-34-19-10-9-17-32(33)34)15-12-22-39(37(42)44-38(4,5)6)26(3)30-18-11-14-27-13-7-8-16-31(27)30/h7-11,13-14,16-21,26,28,33H,12,15,22-23H2,1-6H3,(H,40,41)/t26-,28-,33?/m1/s1. The highest BCUT2D eigenvalue weighted by molar-refractivity contribution is 5.91. The van der Waals surface area contributed by atoms with E-state index in [1.165, 1.54) is 0 Å². The fraction of sp³-hybridized carbons (Fsp3) is 0.368. The Morgan fingerprint density at radius 2 is 1.66 bits per heavy atom. The number of carboxylic acids is 1. The lowest BCUT2D eigenvalue weighted by molar-refractivity contribution is 0.0162. The van der Waals surface area contributed by atoms with Gasteiger partial charge >= 0.3 is 12.1 Å². The first-order valence-electron chi connectivity index (χ1n) is 15.5. The van der Waals surface area contributed by atoms with Crippen LogP contribution in [0.25, 0.3) is 10.8 Å². The van der Waals surface area contributed by atoms with Crippen LogP contribution >= 0.6 is 0 Å². The van der Waals surface area contributed by atoms with E-state index in [2.05, 4.69) is 43.3 Å². The van der Waals surface area contributed by atoms with E-state index >= 15 is 0 Å². The topological polar surface area (TPSA) is 76.1 Å². The summed E-state index contributed by atoms with van der Waals surface area (Å²) in [4.78, 5) is 27.5. The Balaban J connectivity index is 1.38. The summed E-state index contributed by atoms with van der Waals surface area (Å²) < 4.78 is 12.4. The van der Waals surface area contributed by atoms with Gasteiger partial charge in [0, 0.05) is 18.0 Å². The summed E-state index contributed by atoms with van der Waals surface area (Å²) >= 11 is 0. The van der Waals surface area contributed by atoms with Crippen molar-refractivity contribution in [3.63, 3.8) is 0 Å². The van der Waals surface area contributed by atoms with Gasteiger partial charge < -0.3 is 19.5 Å². The number of amides is 1. The summed E-state index contributed by atoms with van der Waals surface area (Å²) in [5, 5.41) is 12.2. The van der Waals surface area contributed by atoms with Gasteiger partial charge in [-0.2, -0.15) is 0 Å². The van der Waals surface area contributed by atoms with Gasteiger partial charge in [-0.1, -0.05) is 72.8 Å². The number of carbonyl (C=O) groups is 2. The zero-order valence-corrected chi connectivity index (χ0v) is 26.6. The molecule has 1 N–H and O–H groups in total. The summed E-state index contributed by atoms with van der Waals surface area (Å²) in [5.74, 6) is -0.0553. The number of para-hydroxylation sites is 1. The number of aromatic carboxylic acids is 1. The normalized spacial score (nSPS) is 17.0. The Morgan fingerprint density at radius 1 is 0.955 bits per heavy atom. The average molecular weight is 594 g/mol. The molecule has 3 atom stereocenters. The largest absolute Gasteiger partial charge is 0.490 e. The SMILES string of the molecule is Cc1ccc(C2C[C@@H](CCCN(C(=O)OC(C)(C)C)[C@H](C)c3cccc4ccccc34)Oc3ccccc32)c(C)c1C(=O)O. The molecule has 0 aliphatic carbocycles. The molecule has 1 unspecified atom stereocenters. The molecule has 6 heteroatoms. The second-order valence-electron chi connectivity index (χ2n) is 12.9. The van der Waals surface area contributed by atoms with Crippen molar-refractivity contribution < 1.29 is 24.2 Å². The molecule has 0 saturated heterocycles. The number of ether oxygens (including phenoxy) is 2. The van der Waals surface area contributed by atoms with Crippen LogP contribution in [0.15, 0.2) is 78.9 Å². The summed E-state index contributed by atoms with van der Waals surface area (Å²) in [6.07, 6.45) is 1.77. The van der Waals surface area contributed by atoms with Gasteiger partial charge in [0.1, 0.15) is 11.4 Å². The van der Waals surface area contributed by atoms with Crippen LogP contribution in [0.5, 0.6) is 5.75 Å². The van der Waals surface area contributed by atoms with Crippen LogP contribution in [-0.2, 0) is 4.74 Å². The number of rotatable bonds is 8. The molecular weight excluding hydrogens is 550 g/mol. The van der Waals surface area contributed by atoms with E-state index in [4.69, 9.17) is 9.47 Å². The summed E-state index contributed by atoms with van der Waals surface area (Å²) in [6, 6.07) is 26.3. The number of nitrogens with zero attached hydrogens (tertiary/aromatic N) is 1. The van der Waals surface area contributed by atoms with Crippen molar-refractivity contribution in [2.24, 2.45) is 0 Å². The second kappa shape index (κ2) is 12.7. The van der Waals surface area contributed by atoms with Crippen molar-refractivity contribution in [2.75, 3.05) is 6.54 Å². The number of aryl methyl sites for hydroxylation is 1. The van der Waals surface area contributed by atoms with Crippen LogP contribution in [0.3, 0.4) is 0 Å². The van der Waals surface area contributed by atoms with E-state index in [0.717, 1.165) is 63.6 Å². The maximum atomic E-state index is 13.6. The summed E-state index contributed by atoms with van der Waals surface area (Å²) in [5.41, 5.74) is 4.51. The van der Waals surface area contributed by atoms with Gasteiger partial charge in [-0.3, -0.25) is 0 Å². The third-order valence-electron chi connectivity index (χ3n) is 8.69. The lowest BCUT2D eigenvalue weighted by atomic mass is 9.80. The first-order chi connectivity index (χ1) is 20.9. The molecule has 1 aliphatic rings. The summed E-state index contributed by atoms with van der Waals surface area (Å²) in [7, 11) is 0. The molecule has 0 aromatic heterocycles. The molecule has 0 spiro atoms. The minimum absolute atomic E-state index is 0.0141. The van der Waals surface area contributed by atoms with Crippen LogP contribution < -0.4 is 4.74 Å². The van der Waals surface area contributed by atoms with Gasteiger partial charge in [0.25, 0.3) is 0 Å². The third kappa shape index (κ3) is 6.59. The molecule has 230 valence electrons. The predicted octanol–water partition coefficient (Wildman–Crippen LogP) is 9.22. The third-order valence-corrected chi connectivity index (χ3v) is 8.69. The van der Waals surface area contributed by atoms with Gasteiger partial charge in [-0.25, -0.2) is 9.59 Å². The Bertz CT molecular complexity index is 1660. The highest BCUT2D eigenvalue weighted by Crippen LogP contribution is 2.43. The lowest BCUT2D eigenvalue weighted by Crippen LogP contribution is -2.39. The van der Waals surface area contributed by atoms with E-state index in [1.807, 2.05) is 82.0 Å². The van der Waals surface area contributed by atoms with Crippen molar-refractivity contribution in [3.8, 4) is 5.75 Å². The molecule has 4 aromatic carbocycles. The Morgan fingerprint density at radius 3 is 2.41 bits per heavy atom. The predicted molar refractivity (Wildman–Crippen MR) is 175 cm³/mol. The van der Waals surface area contributed by atoms with Crippen molar-refractivity contribution in [1.29, 1.82) is 0 Å². The van der Waals surface area contributed by atoms with E-state index in [9.17, 15) is 14.7 Å². The molecule has 0 fully saturated rings. The van der Waals surface area contributed by atoms with Crippen molar-refractivity contribution >= 4 is 22.8 Å². The number of carboxylic acid groups (broad SMARTS) is 1. The van der Waals surface area contributed by atoms with Crippen LogP contribution in [0.1, 0.15) is 97.1 Å². The number of benzene rings is 4. The minimum atomic E-state index is -0.902. The maximum absolute atomic E-state index is 13.6. The monoisotopic (exact) mass is 593 g/mol. The quantitative estimate of drug-likeness (QED) is 0.220. The zero-order chi connectivity index (χ0) is 31.6. The molecule has 0 radical (unpaired) electrons. The van der Waals surface area contributed by atoms with Gasteiger partial charge in [0.15, 0.2) is 0 Å². The molecule has 6 nitrogen and oxygen atoms in total. The second-order valence-corrected chi connectivity index (χ2v) is 12.9. The van der Waals surface area contributed by atoms with Crippen LogP contribution in [0.2, 0.25) is 0 Å². The number of hydrogen-bond acceptors (Lipinski definition) is 4. The molecule has 44 heavy (non-hydrogen) atoms. The molecule has 1 amide bonds. The van der Waals surface area contributed by atoms with Gasteiger partial charge in [0.05, 0.1) is 17.7 Å². The van der Waals surface area contributed by atoms with Crippen LogP contribution in [0.4, 0.5) is 4.79 Å². The van der Waals surface area contributed by atoms with Crippen molar-refractivity contribution in [3.05, 3.63) is 112 Å². The Hall–Kier alpha value is -4.32. The molecule has 0 bridgehead atoms. The molecule has 4 aromatic rings. The van der Waals surface area contributed by atoms with Crippen LogP contribution in [0, 0.1) is 13.8 Å². The molecular formula is C38H43NO5. The molecule has 5 rings (SSSR count). The van der Waals surface area contributed by atoms with E-state index in [1.54, 1.807) is 0 Å². The Kier molecular flexibility index (Phi) is 9.00. The fourth-order valence-corrected chi connectivity index (χ4v) is 6.57. The first kappa shape index (κ1) is 31.1. The number of fused-ring (bicyclic) bond motifs is 2. The van der Waals surface area contributed by atoms with Crippen LogP contribution in [-0.4, -0.2) is 40.3 Å². The van der Waals surface area contributed by atoms with E-state index in [0.29, 0.717) is 12.1 Å². The lowest BCUT2D eigenvalue weighted by Gasteiger charge is -2.35. The molecule has 1 heterocycles. The minimum Gasteiger partial charge on any atom is -0.490 e. The Labute approximate surface area is 260 Å². The van der Waals surface area contributed by atoms with Crippen molar-refractivity contribution in [1.82, 2.24) is 4.90 Å². The van der Waals surface area contributed by atoms with Gasteiger partial charge in [0.2, 0.25) is 0 Å². The van der Waals surface area contributed by atoms with E-state index in [-0.39, 0.29) is 24.2 Å². The average Bonchev–Trinajstić information content (AvgIpc) is 2.97.